The smallest absolute Gasteiger partial charge is 0.0129 e. The van der Waals surface area contributed by atoms with Crippen molar-refractivity contribution >= 4 is 7.92 Å². The van der Waals surface area contributed by atoms with Crippen molar-refractivity contribution in [2.75, 3.05) is 0 Å². The van der Waals surface area contributed by atoms with Crippen LogP contribution in [-0.4, -0.2) is 17.0 Å². The molecule has 6 aliphatic rings. The molecule has 0 spiro atoms. The fourth-order valence-electron chi connectivity index (χ4n) is 4.56. The second-order valence-corrected chi connectivity index (χ2v) is 6.91. The van der Waals surface area contributed by atoms with Crippen LogP contribution < -0.4 is 0 Å². The summed E-state index contributed by atoms with van der Waals surface area (Å²) in [6, 6.07) is 0. The summed E-state index contributed by atoms with van der Waals surface area (Å²) in [6.45, 7) is 0. The summed E-state index contributed by atoms with van der Waals surface area (Å²) in [5, 5.41) is 0. The van der Waals surface area contributed by atoms with E-state index in [1.165, 1.54) is 40.6 Å². The second kappa shape index (κ2) is 0.515. The number of hydrogen-bond donors (Lipinski definition) is 0. The van der Waals surface area contributed by atoms with E-state index in [-0.39, 0.29) is 0 Å². The number of hydrogen-bond acceptors (Lipinski definition) is 0. The van der Waals surface area contributed by atoms with Gasteiger partial charge in [0.1, 0.15) is 0 Å². The molecule has 3 aliphatic heterocycles. The molecular formula is C7H7P. The van der Waals surface area contributed by atoms with Crippen molar-refractivity contribution < 1.29 is 0 Å². The third-order valence-electron chi connectivity index (χ3n) is 4.73. The summed E-state index contributed by atoms with van der Waals surface area (Å²) in [6.07, 6.45) is 0. The molecule has 6 fully saturated rings. The van der Waals surface area contributed by atoms with Gasteiger partial charge in [0.15, 0.2) is 0 Å². The van der Waals surface area contributed by atoms with E-state index < -0.39 is 0 Å². The molecule has 0 bridgehead atoms. The van der Waals surface area contributed by atoms with Crippen molar-refractivity contribution in [2.24, 2.45) is 23.7 Å². The normalized spacial score (nSPS) is 108. The van der Waals surface area contributed by atoms with Crippen LogP contribution in [0.5, 0.6) is 0 Å². The van der Waals surface area contributed by atoms with Crippen LogP contribution in [-0.2, 0) is 0 Å². The first-order chi connectivity index (χ1) is 4.00. The largest absolute Gasteiger partial charge is 0.0953 e. The first-order valence-electron chi connectivity index (χ1n) is 3.77. The van der Waals surface area contributed by atoms with E-state index in [1.54, 1.807) is 0 Å². The van der Waals surface area contributed by atoms with Gasteiger partial charge in [0.05, 0.1) is 0 Å². The minimum absolute atomic E-state index is 0.777. The van der Waals surface area contributed by atoms with Crippen molar-refractivity contribution in [3.05, 3.63) is 0 Å². The lowest BCUT2D eigenvalue weighted by molar-refractivity contribution is -0.246. The van der Waals surface area contributed by atoms with Crippen molar-refractivity contribution in [3.63, 3.8) is 0 Å². The maximum Gasteiger partial charge on any atom is -0.0129 e. The van der Waals surface area contributed by atoms with E-state index in [1.807, 2.05) is 0 Å². The van der Waals surface area contributed by atoms with Gasteiger partial charge in [0.2, 0.25) is 0 Å². The minimum atomic E-state index is 0.777. The molecule has 0 aromatic rings. The molecular weight excluding hydrogens is 115 g/mol. The Hall–Kier alpha value is 0.430. The van der Waals surface area contributed by atoms with Crippen molar-refractivity contribution in [2.45, 2.75) is 17.0 Å². The Balaban J connectivity index is 2.00. The highest BCUT2D eigenvalue weighted by atomic mass is 31.1. The molecule has 40 valence electrons. The quantitative estimate of drug-likeness (QED) is 0.422. The predicted molar refractivity (Wildman–Crippen MR) is 32.2 cm³/mol. The van der Waals surface area contributed by atoms with Crippen LogP contribution in [0.3, 0.4) is 0 Å². The highest BCUT2D eigenvalue weighted by Crippen LogP contribution is 3.07. The monoisotopic (exact) mass is 122 g/mol. The summed E-state index contributed by atoms with van der Waals surface area (Å²) in [7, 11) is 0.777. The summed E-state index contributed by atoms with van der Waals surface area (Å²) < 4.78 is 0. The van der Waals surface area contributed by atoms with Gasteiger partial charge in [-0.2, -0.15) is 0 Å². The Morgan fingerprint density at radius 3 is 1.25 bits per heavy atom. The lowest BCUT2D eigenvalue weighted by Gasteiger charge is -3.03. The van der Waals surface area contributed by atoms with Crippen LogP contribution in [0.4, 0.5) is 0 Å². The van der Waals surface area contributed by atoms with Gasteiger partial charge in [-0.15, -0.1) is 0 Å². The van der Waals surface area contributed by atoms with Gasteiger partial charge < -0.3 is 0 Å². The molecule has 3 aliphatic carbocycles. The fraction of sp³-hybridized carbons (Fsp3) is 1.00. The van der Waals surface area contributed by atoms with Gasteiger partial charge in [0.25, 0.3) is 0 Å². The molecule has 0 radical (unpaired) electrons. The lowest BCUT2D eigenvalue weighted by atomic mass is 9.33. The zero-order valence-electron chi connectivity index (χ0n) is 4.49. The van der Waals surface area contributed by atoms with E-state index in [0.29, 0.717) is 0 Å². The van der Waals surface area contributed by atoms with Crippen LogP contribution in [0.25, 0.3) is 0 Å². The van der Waals surface area contributed by atoms with Gasteiger partial charge in [-0.05, 0) is 40.6 Å². The zero-order valence-corrected chi connectivity index (χ0v) is 5.38. The third kappa shape index (κ3) is 0.0808. The van der Waals surface area contributed by atoms with Gasteiger partial charge in [0, 0.05) is 0 Å². The molecule has 0 unspecified atom stereocenters. The standard InChI is InChI=1S/C7H7P/c1-2-5-3(1)7-4(1)6(2)8(5)7/h1-7H. The van der Waals surface area contributed by atoms with Crippen LogP contribution in [0.1, 0.15) is 0 Å². The first kappa shape index (κ1) is 3.01. The SMILES string of the molecule is C12C3C4C1C1C2C3P41. The van der Waals surface area contributed by atoms with Crippen molar-refractivity contribution in [1.82, 2.24) is 0 Å². The average Bonchev–Trinajstić information content (AvgIpc) is 1.90. The summed E-state index contributed by atoms with van der Waals surface area (Å²) in [5.74, 6) is 5.44. The van der Waals surface area contributed by atoms with Crippen LogP contribution in [0.15, 0.2) is 0 Å². The topological polar surface area (TPSA) is 0 Å². The predicted octanol–water partition coefficient (Wildman–Crippen LogP) is 1.11. The van der Waals surface area contributed by atoms with Crippen molar-refractivity contribution in [3.8, 4) is 0 Å². The van der Waals surface area contributed by atoms with Gasteiger partial charge in [-0.1, -0.05) is 7.92 Å². The molecule has 3 saturated carbocycles. The molecule has 0 aromatic carbocycles. The Morgan fingerprint density at radius 2 is 1.12 bits per heavy atom. The molecule has 0 amide bonds. The Labute approximate surface area is 49.4 Å². The molecule has 0 aromatic heterocycles. The molecule has 6 rings (SSSR count). The van der Waals surface area contributed by atoms with E-state index in [0.717, 1.165) is 7.92 Å². The Bertz CT molecular complexity index is 114. The van der Waals surface area contributed by atoms with Crippen molar-refractivity contribution in [1.29, 1.82) is 0 Å². The molecule has 0 atom stereocenters. The molecule has 3 saturated heterocycles. The molecule has 0 N–H and O–H groups in total. The van der Waals surface area contributed by atoms with Gasteiger partial charge >= 0.3 is 0 Å². The number of rotatable bonds is 0. The highest BCUT2D eigenvalue weighted by molar-refractivity contribution is 7.66. The highest BCUT2D eigenvalue weighted by Gasteiger charge is 2.97. The maximum absolute atomic E-state index is 1.40. The average molecular weight is 122 g/mol. The van der Waals surface area contributed by atoms with Crippen LogP contribution in [0.2, 0.25) is 0 Å². The molecule has 1 heteroatoms. The van der Waals surface area contributed by atoms with Crippen LogP contribution >= 0.6 is 7.92 Å². The van der Waals surface area contributed by atoms with Gasteiger partial charge in [-0.25, -0.2) is 0 Å². The minimum Gasteiger partial charge on any atom is -0.0953 e. The lowest BCUT2D eigenvalue weighted by Crippen LogP contribution is -2.99. The van der Waals surface area contributed by atoms with E-state index >= 15 is 0 Å². The van der Waals surface area contributed by atoms with Gasteiger partial charge in [-0.3, -0.25) is 0 Å². The maximum atomic E-state index is 1.40. The molecule has 8 heavy (non-hydrogen) atoms. The summed E-state index contributed by atoms with van der Waals surface area (Å²) in [4.78, 5) is 0. The zero-order chi connectivity index (χ0) is 4.62. The fourth-order valence-corrected chi connectivity index (χ4v) is 9.55. The molecule has 3 heterocycles. The summed E-state index contributed by atoms with van der Waals surface area (Å²) in [5.41, 5.74) is 4.19. The third-order valence-corrected chi connectivity index (χ3v) is 8.86. The van der Waals surface area contributed by atoms with E-state index in [2.05, 4.69) is 0 Å². The second-order valence-electron chi connectivity index (χ2n) is 4.23. The Morgan fingerprint density at radius 1 is 0.625 bits per heavy atom. The van der Waals surface area contributed by atoms with E-state index in [4.69, 9.17) is 0 Å². The Kier molecular flexibility index (Phi) is 0.194. The first-order valence-corrected chi connectivity index (χ1v) is 5.32. The molecule has 0 nitrogen and oxygen atoms in total. The van der Waals surface area contributed by atoms with Crippen LogP contribution in [0, 0.1) is 23.7 Å². The summed E-state index contributed by atoms with van der Waals surface area (Å²) >= 11 is 0. The van der Waals surface area contributed by atoms with E-state index in [9.17, 15) is 0 Å².